The molecule has 2 aromatic rings. The van der Waals surface area contributed by atoms with Crippen LogP contribution in [0.2, 0.25) is 0 Å². The predicted molar refractivity (Wildman–Crippen MR) is 203 cm³/mol. The maximum absolute atomic E-state index is 12.5. The molecule has 2 saturated heterocycles. The SMILES string of the molecule is CC[C@H](O)CCCCC/C=C\CCCCCCCC(=O)NCCc1c[nH]c2ccc(O[C@@H]3O[C@H](CO[C@@H]4O[C@H](CO)[C@@H](O)[C@H](O)[C@H]4O)[C@@H](O)[C@H](O)[C@H]3O)cc12. The van der Waals surface area contributed by atoms with Crippen LogP contribution < -0.4 is 10.1 Å². The number of ether oxygens (including phenoxy) is 4. The average molecular weight is 781 g/mol. The molecule has 0 aliphatic carbocycles. The highest BCUT2D eigenvalue weighted by Gasteiger charge is 2.48. The van der Waals surface area contributed by atoms with E-state index in [1.54, 1.807) is 18.2 Å². The van der Waals surface area contributed by atoms with Gasteiger partial charge in [-0.05, 0) is 75.1 Å². The minimum absolute atomic E-state index is 0.0188. The molecule has 10 N–H and O–H groups in total. The number of carbonyl (C=O) groups is 1. The summed E-state index contributed by atoms with van der Waals surface area (Å²) in [6.07, 6.45) is 4.80. The Morgan fingerprint density at radius 3 is 2.18 bits per heavy atom. The molecule has 0 radical (unpaired) electrons. The number of fused-ring (bicyclic) bond motifs is 1. The Hall–Kier alpha value is -2.67. The van der Waals surface area contributed by atoms with Crippen LogP contribution in [0.4, 0.5) is 0 Å². The zero-order valence-electron chi connectivity index (χ0n) is 32.0. The van der Waals surface area contributed by atoms with Crippen molar-refractivity contribution in [3.63, 3.8) is 0 Å². The summed E-state index contributed by atoms with van der Waals surface area (Å²) in [6.45, 7) is 1.35. The Labute approximate surface area is 323 Å². The minimum Gasteiger partial charge on any atom is -0.462 e. The number of hydrogen-bond acceptors (Lipinski definition) is 13. The van der Waals surface area contributed by atoms with Gasteiger partial charge < -0.3 is 70.1 Å². The molecule has 2 fully saturated rings. The van der Waals surface area contributed by atoms with Gasteiger partial charge in [-0.1, -0.05) is 51.2 Å². The molecule has 15 heteroatoms. The van der Waals surface area contributed by atoms with E-state index < -0.39 is 74.6 Å². The lowest BCUT2D eigenvalue weighted by molar-refractivity contribution is -0.323. The van der Waals surface area contributed by atoms with Gasteiger partial charge in [0.05, 0.1) is 19.3 Å². The minimum atomic E-state index is -1.68. The lowest BCUT2D eigenvalue weighted by Gasteiger charge is -2.42. The van der Waals surface area contributed by atoms with Crippen LogP contribution in [0, 0.1) is 0 Å². The van der Waals surface area contributed by atoms with Crippen LogP contribution in [0.5, 0.6) is 5.75 Å². The van der Waals surface area contributed by atoms with Crippen molar-refractivity contribution in [2.75, 3.05) is 19.8 Å². The summed E-state index contributed by atoms with van der Waals surface area (Å²) in [7, 11) is 0. The molecule has 0 spiro atoms. The third-order valence-electron chi connectivity index (χ3n) is 10.5. The number of aliphatic hydroxyl groups is 8. The monoisotopic (exact) mass is 780 g/mol. The fourth-order valence-corrected chi connectivity index (χ4v) is 6.88. The standard InChI is InChI=1S/C40H64N2O13/c1-2-26(44)15-13-11-9-7-5-3-4-6-8-10-12-14-16-32(45)41-20-19-25-22-42-29-18-17-27(21-28(25)29)53-40-38(51)36(49)34(47)31(55-40)24-52-39-37(50)35(48)33(46)30(23-43)54-39/h3,5,17-18,21-22,26,30-31,33-40,42-44,46-51H,2,4,6-16,19-20,23-24H2,1H3,(H,41,45)/b5-3-/t26-,30+,31+,33+,34+,35-,36-,37+,38+,39+,40+/m0/s1. The van der Waals surface area contributed by atoms with E-state index in [1.807, 2.05) is 13.1 Å². The summed E-state index contributed by atoms with van der Waals surface area (Å²) in [6, 6.07) is 5.18. The van der Waals surface area contributed by atoms with Gasteiger partial charge in [-0.25, -0.2) is 0 Å². The van der Waals surface area contributed by atoms with Crippen molar-refractivity contribution in [2.45, 2.75) is 164 Å². The van der Waals surface area contributed by atoms with Crippen LogP contribution in [0.15, 0.2) is 36.5 Å². The second-order valence-corrected chi connectivity index (χ2v) is 14.8. The Morgan fingerprint density at radius 2 is 1.47 bits per heavy atom. The molecule has 2 aliphatic rings. The van der Waals surface area contributed by atoms with E-state index in [0.29, 0.717) is 25.1 Å². The molecule has 312 valence electrons. The smallest absolute Gasteiger partial charge is 0.229 e. The van der Waals surface area contributed by atoms with Gasteiger partial charge in [0, 0.05) is 30.1 Å². The molecule has 55 heavy (non-hydrogen) atoms. The van der Waals surface area contributed by atoms with Gasteiger partial charge in [0.1, 0.15) is 54.6 Å². The quantitative estimate of drug-likeness (QED) is 0.0541. The fourth-order valence-electron chi connectivity index (χ4n) is 6.88. The van der Waals surface area contributed by atoms with E-state index in [-0.39, 0.29) is 12.0 Å². The number of aliphatic hydroxyl groups excluding tert-OH is 8. The van der Waals surface area contributed by atoms with Crippen molar-refractivity contribution in [1.29, 1.82) is 0 Å². The summed E-state index contributed by atoms with van der Waals surface area (Å²) in [5.74, 6) is 0.329. The van der Waals surface area contributed by atoms with Gasteiger partial charge in [-0.15, -0.1) is 0 Å². The highest BCUT2D eigenvalue weighted by atomic mass is 16.7. The van der Waals surface area contributed by atoms with Gasteiger partial charge in [0.2, 0.25) is 12.2 Å². The Bertz CT molecular complexity index is 1420. The number of unbranched alkanes of at least 4 members (excludes halogenated alkanes) is 8. The summed E-state index contributed by atoms with van der Waals surface area (Å²) in [5, 5.41) is 84.9. The molecule has 1 amide bonds. The fraction of sp³-hybridized carbons (Fsp3) is 0.725. The second kappa shape index (κ2) is 23.5. The van der Waals surface area contributed by atoms with Crippen LogP contribution in [-0.2, 0) is 25.4 Å². The summed E-state index contributed by atoms with van der Waals surface area (Å²) in [5.41, 5.74) is 1.77. The maximum atomic E-state index is 12.5. The highest BCUT2D eigenvalue weighted by molar-refractivity contribution is 5.84. The van der Waals surface area contributed by atoms with Crippen LogP contribution >= 0.6 is 0 Å². The van der Waals surface area contributed by atoms with Crippen molar-refractivity contribution < 1.29 is 64.6 Å². The topological polar surface area (TPSA) is 244 Å². The third kappa shape index (κ3) is 13.7. The number of H-pyrrole nitrogens is 1. The van der Waals surface area contributed by atoms with Crippen LogP contribution in [0.3, 0.4) is 0 Å². The van der Waals surface area contributed by atoms with Crippen molar-refractivity contribution in [1.82, 2.24) is 10.3 Å². The first-order valence-corrected chi connectivity index (χ1v) is 20.0. The van der Waals surface area contributed by atoms with E-state index in [1.165, 1.54) is 12.8 Å². The summed E-state index contributed by atoms with van der Waals surface area (Å²) >= 11 is 0. The summed E-state index contributed by atoms with van der Waals surface area (Å²) < 4.78 is 22.5. The molecule has 1 aromatic heterocycles. The molecule has 1 aromatic carbocycles. The Kier molecular flexibility index (Phi) is 19.3. The number of hydrogen-bond donors (Lipinski definition) is 10. The zero-order valence-corrected chi connectivity index (χ0v) is 32.0. The molecular weight excluding hydrogens is 716 g/mol. The van der Waals surface area contributed by atoms with E-state index in [9.17, 15) is 45.6 Å². The van der Waals surface area contributed by atoms with Gasteiger partial charge in [-0.2, -0.15) is 0 Å². The number of rotatable bonds is 24. The molecule has 11 atom stereocenters. The number of allylic oxidation sites excluding steroid dienone is 2. The van der Waals surface area contributed by atoms with E-state index in [2.05, 4.69) is 22.5 Å². The lowest BCUT2D eigenvalue weighted by atomic mass is 9.98. The van der Waals surface area contributed by atoms with Gasteiger partial charge in [-0.3, -0.25) is 4.79 Å². The normalized spacial score (nSPS) is 29.2. The molecule has 15 nitrogen and oxygen atoms in total. The molecule has 0 saturated carbocycles. The largest absolute Gasteiger partial charge is 0.462 e. The zero-order chi connectivity index (χ0) is 39.7. The number of amides is 1. The highest BCUT2D eigenvalue weighted by Crippen LogP contribution is 2.29. The van der Waals surface area contributed by atoms with Crippen molar-refractivity contribution in [3.05, 3.63) is 42.1 Å². The van der Waals surface area contributed by atoms with Crippen molar-refractivity contribution >= 4 is 16.8 Å². The third-order valence-corrected chi connectivity index (χ3v) is 10.5. The van der Waals surface area contributed by atoms with Gasteiger partial charge in [0.15, 0.2) is 6.29 Å². The molecule has 2 aliphatic heterocycles. The van der Waals surface area contributed by atoms with Crippen LogP contribution in [0.1, 0.15) is 96.0 Å². The number of carbonyl (C=O) groups excluding carboxylic acids is 1. The molecule has 3 heterocycles. The first-order chi connectivity index (χ1) is 26.5. The van der Waals surface area contributed by atoms with Crippen LogP contribution in [-0.4, -0.2) is 139 Å². The van der Waals surface area contributed by atoms with E-state index in [0.717, 1.165) is 80.7 Å². The second-order valence-electron chi connectivity index (χ2n) is 14.8. The Balaban J connectivity index is 1.14. The van der Waals surface area contributed by atoms with Crippen molar-refractivity contribution in [2.24, 2.45) is 0 Å². The van der Waals surface area contributed by atoms with E-state index in [4.69, 9.17) is 18.9 Å². The maximum Gasteiger partial charge on any atom is 0.229 e. The number of benzene rings is 1. The number of aromatic nitrogens is 1. The lowest BCUT2D eigenvalue weighted by Crippen LogP contribution is -2.62. The average Bonchev–Trinajstić information content (AvgIpc) is 3.59. The van der Waals surface area contributed by atoms with Gasteiger partial charge >= 0.3 is 0 Å². The van der Waals surface area contributed by atoms with Crippen molar-refractivity contribution in [3.8, 4) is 5.75 Å². The predicted octanol–water partition coefficient (Wildman–Crippen LogP) is 1.84. The summed E-state index contributed by atoms with van der Waals surface area (Å²) in [4.78, 5) is 15.7. The molecular formula is C40H64N2O13. The molecule has 0 bridgehead atoms. The molecule has 4 rings (SSSR count). The number of aromatic amines is 1. The first-order valence-electron chi connectivity index (χ1n) is 20.0. The number of nitrogens with one attached hydrogen (secondary N) is 2. The molecule has 0 unspecified atom stereocenters. The Morgan fingerprint density at radius 1 is 0.836 bits per heavy atom. The van der Waals surface area contributed by atoms with E-state index >= 15 is 0 Å². The van der Waals surface area contributed by atoms with Gasteiger partial charge in [0.25, 0.3) is 0 Å². The first kappa shape index (κ1) is 45.0. The van der Waals surface area contributed by atoms with Crippen LogP contribution in [0.25, 0.3) is 10.9 Å².